The Morgan fingerprint density at radius 1 is 1.07 bits per heavy atom. The normalized spacial score (nSPS) is 23.3. The molecule has 1 amide bonds. The van der Waals surface area contributed by atoms with Crippen LogP contribution in [0.1, 0.15) is 48.2 Å². The Kier molecular flexibility index (Phi) is 8.65. The van der Waals surface area contributed by atoms with Crippen LogP contribution in [-0.2, 0) is 11.3 Å². The second-order valence-electron chi connectivity index (χ2n) is 11.8. The Bertz CT molecular complexity index is 1550. The van der Waals surface area contributed by atoms with E-state index >= 15 is 0 Å². The van der Waals surface area contributed by atoms with Crippen molar-refractivity contribution in [2.75, 3.05) is 44.4 Å². The molecular formula is C33H38F3N5O3. The number of alkyl halides is 3. The van der Waals surface area contributed by atoms with Crippen LogP contribution in [-0.4, -0.2) is 79.6 Å². The number of morpholine rings is 1. The largest absolute Gasteiger partial charge is 0.495 e. The molecule has 2 atom stereocenters. The molecule has 2 bridgehead atoms. The molecule has 234 valence electrons. The zero-order chi connectivity index (χ0) is 30.8. The molecule has 2 aromatic carbocycles. The summed E-state index contributed by atoms with van der Waals surface area (Å²) < 4.78 is 53.5. The number of halogens is 3. The molecule has 1 aliphatic carbocycles. The van der Waals surface area contributed by atoms with E-state index in [0.717, 1.165) is 49.8 Å². The maximum absolute atomic E-state index is 13.7. The Morgan fingerprint density at radius 2 is 1.82 bits per heavy atom. The Morgan fingerprint density at radius 3 is 2.50 bits per heavy atom. The van der Waals surface area contributed by atoms with Crippen molar-refractivity contribution in [2.24, 2.45) is 0 Å². The zero-order valence-electron chi connectivity index (χ0n) is 25.0. The SMILES string of the molecule is CNC(=O)c1ccc(NCC#Cc2cc3c(N[C@H]4CC[C@@H](N5CC6CC(C5)O6)CC4)cccc3n2CC(F)(F)F)c(OC)c1. The molecule has 4 heterocycles. The molecule has 0 spiro atoms. The molecule has 0 radical (unpaired) electrons. The number of carbonyl (C=O) groups excluding carboxylic acids is 1. The summed E-state index contributed by atoms with van der Waals surface area (Å²) >= 11 is 0. The molecule has 11 heteroatoms. The van der Waals surface area contributed by atoms with Crippen molar-refractivity contribution in [3.05, 3.63) is 53.7 Å². The van der Waals surface area contributed by atoms with Gasteiger partial charge in [0, 0.05) is 55.3 Å². The van der Waals surface area contributed by atoms with Gasteiger partial charge in [-0.15, -0.1) is 0 Å². The predicted molar refractivity (Wildman–Crippen MR) is 164 cm³/mol. The fraction of sp³-hybridized carbons (Fsp3) is 0.485. The number of hydrogen-bond acceptors (Lipinski definition) is 6. The average Bonchev–Trinajstić information content (AvgIpc) is 3.35. The van der Waals surface area contributed by atoms with Gasteiger partial charge in [-0.25, -0.2) is 0 Å². The molecule has 1 aromatic heterocycles. The average molecular weight is 610 g/mol. The number of amides is 1. The van der Waals surface area contributed by atoms with Crippen LogP contribution in [0, 0.1) is 11.8 Å². The van der Waals surface area contributed by atoms with Gasteiger partial charge in [-0.2, -0.15) is 13.2 Å². The van der Waals surface area contributed by atoms with Crippen LogP contribution < -0.4 is 20.7 Å². The summed E-state index contributed by atoms with van der Waals surface area (Å²) in [7, 11) is 3.05. The number of piperidine rings is 1. The molecule has 3 aliphatic heterocycles. The van der Waals surface area contributed by atoms with E-state index in [2.05, 4.69) is 32.7 Å². The maximum Gasteiger partial charge on any atom is 0.406 e. The molecule has 4 aliphatic rings. The van der Waals surface area contributed by atoms with Crippen molar-refractivity contribution in [3.8, 4) is 17.6 Å². The van der Waals surface area contributed by atoms with Crippen LogP contribution in [0.25, 0.3) is 10.9 Å². The molecule has 2 unspecified atom stereocenters. The van der Waals surface area contributed by atoms with Crippen molar-refractivity contribution in [2.45, 2.75) is 69.1 Å². The van der Waals surface area contributed by atoms with E-state index in [1.165, 1.54) is 18.1 Å². The van der Waals surface area contributed by atoms with Gasteiger partial charge in [-0.3, -0.25) is 9.69 Å². The Balaban J connectivity index is 1.16. The first-order valence-corrected chi connectivity index (χ1v) is 15.2. The number of carbonyl (C=O) groups is 1. The lowest BCUT2D eigenvalue weighted by molar-refractivity contribution is -0.189. The summed E-state index contributed by atoms with van der Waals surface area (Å²) in [4.78, 5) is 14.5. The van der Waals surface area contributed by atoms with Crippen LogP contribution in [0.5, 0.6) is 5.75 Å². The smallest absolute Gasteiger partial charge is 0.406 e. The fourth-order valence-corrected chi connectivity index (χ4v) is 6.75. The third-order valence-corrected chi connectivity index (χ3v) is 8.92. The molecule has 3 aromatic rings. The Hall–Kier alpha value is -3.88. The number of benzene rings is 2. The number of methoxy groups -OCH3 is 1. The summed E-state index contributed by atoms with van der Waals surface area (Å²) in [6, 6.07) is 13.0. The van der Waals surface area contributed by atoms with Crippen LogP contribution >= 0.6 is 0 Å². The topological polar surface area (TPSA) is 79.8 Å². The quantitative estimate of drug-likeness (QED) is 0.304. The second kappa shape index (κ2) is 12.6. The fourth-order valence-electron chi connectivity index (χ4n) is 6.75. The summed E-state index contributed by atoms with van der Waals surface area (Å²) in [5, 5.41) is 10.1. The van der Waals surface area contributed by atoms with Gasteiger partial charge < -0.3 is 30.0 Å². The monoisotopic (exact) mass is 609 g/mol. The van der Waals surface area contributed by atoms with Gasteiger partial charge in [0.15, 0.2) is 0 Å². The van der Waals surface area contributed by atoms with Gasteiger partial charge in [0.2, 0.25) is 0 Å². The Labute approximate surface area is 255 Å². The molecular weight excluding hydrogens is 571 g/mol. The number of nitrogens with one attached hydrogen (secondary N) is 3. The number of ether oxygens (including phenoxy) is 2. The van der Waals surface area contributed by atoms with Crippen molar-refractivity contribution >= 4 is 28.2 Å². The molecule has 4 fully saturated rings. The van der Waals surface area contributed by atoms with Gasteiger partial charge in [-0.05, 0) is 68.0 Å². The maximum atomic E-state index is 13.7. The predicted octanol–water partition coefficient (Wildman–Crippen LogP) is 5.23. The molecule has 3 N–H and O–H groups in total. The first-order chi connectivity index (χ1) is 21.2. The molecule has 7 rings (SSSR count). The molecule has 44 heavy (non-hydrogen) atoms. The van der Waals surface area contributed by atoms with Crippen LogP contribution in [0.15, 0.2) is 42.5 Å². The molecule has 8 nitrogen and oxygen atoms in total. The minimum atomic E-state index is -4.40. The van der Waals surface area contributed by atoms with E-state index in [0.29, 0.717) is 46.5 Å². The van der Waals surface area contributed by atoms with E-state index in [4.69, 9.17) is 9.47 Å². The van der Waals surface area contributed by atoms with Crippen molar-refractivity contribution in [3.63, 3.8) is 0 Å². The standard InChI is InChI=1S/C33H38F3N5O3/c1-37-32(42)21-8-13-29(31(15-21)43-2)38-14-4-5-24-16-27-28(6-3-7-30(27)41(24)20-33(34,35)36)39-22-9-11-23(12-10-22)40-18-25-17-26(19-40)44-25/h3,6-8,13,15-16,22-23,25-26,38-39H,9-12,14,17-20H2,1-2H3,(H,37,42)/t22-,23+,25?,26?. The highest BCUT2D eigenvalue weighted by Crippen LogP contribution is 2.35. The van der Waals surface area contributed by atoms with Gasteiger partial charge >= 0.3 is 6.18 Å². The highest BCUT2D eigenvalue weighted by atomic mass is 19.4. The number of rotatable bonds is 8. The zero-order valence-corrected chi connectivity index (χ0v) is 25.0. The lowest BCUT2D eigenvalue weighted by atomic mass is 9.87. The third-order valence-electron chi connectivity index (χ3n) is 8.92. The minimum Gasteiger partial charge on any atom is -0.495 e. The van der Waals surface area contributed by atoms with Gasteiger partial charge in [0.25, 0.3) is 5.91 Å². The third kappa shape index (κ3) is 6.61. The first kappa shape index (κ1) is 30.2. The first-order valence-electron chi connectivity index (χ1n) is 15.2. The number of nitrogens with zero attached hydrogens (tertiary/aromatic N) is 2. The summed E-state index contributed by atoms with van der Waals surface area (Å²) in [6.07, 6.45) is 1.84. The van der Waals surface area contributed by atoms with E-state index in [9.17, 15) is 18.0 Å². The lowest BCUT2D eigenvalue weighted by Gasteiger charge is -2.50. The molecule has 3 saturated heterocycles. The van der Waals surface area contributed by atoms with E-state index in [1.807, 2.05) is 6.07 Å². The number of fused-ring (bicyclic) bond motifs is 3. The number of hydrogen-bond donors (Lipinski definition) is 3. The van der Waals surface area contributed by atoms with Crippen molar-refractivity contribution < 1.29 is 27.4 Å². The van der Waals surface area contributed by atoms with E-state index < -0.39 is 12.7 Å². The second-order valence-corrected chi connectivity index (χ2v) is 11.8. The van der Waals surface area contributed by atoms with E-state index in [-0.39, 0.29) is 18.5 Å². The summed E-state index contributed by atoms with van der Waals surface area (Å²) in [6.45, 7) is 1.10. The number of anilines is 2. The highest BCUT2D eigenvalue weighted by Gasteiger charge is 2.41. The van der Waals surface area contributed by atoms with Crippen molar-refractivity contribution in [1.82, 2.24) is 14.8 Å². The molecule has 1 saturated carbocycles. The van der Waals surface area contributed by atoms with Crippen LogP contribution in [0.4, 0.5) is 24.5 Å². The lowest BCUT2D eigenvalue weighted by Crippen LogP contribution is -2.60. The number of aromatic nitrogens is 1. The minimum absolute atomic E-state index is 0.169. The van der Waals surface area contributed by atoms with Crippen LogP contribution in [0.2, 0.25) is 0 Å². The van der Waals surface area contributed by atoms with Gasteiger partial charge in [0.1, 0.15) is 12.3 Å². The summed E-state index contributed by atoms with van der Waals surface area (Å²) in [5.41, 5.74) is 2.70. The van der Waals surface area contributed by atoms with Crippen molar-refractivity contribution in [1.29, 1.82) is 0 Å². The van der Waals surface area contributed by atoms with E-state index in [1.54, 1.807) is 43.4 Å². The van der Waals surface area contributed by atoms with Gasteiger partial charge in [0.05, 0.1) is 42.8 Å². The summed E-state index contributed by atoms with van der Waals surface area (Å²) in [5.74, 6) is 6.14. The van der Waals surface area contributed by atoms with Gasteiger partial charge in [-0.1, -0.05) is 12.0 Å². The van der Waals surface area contributed by atoms with Crippen LogP contribution in [0.3, 0.4) is 0 Å². The highest BCUT2D eigenvalue weighted by molar-refractivity contribution is 5.95.